The van der Waals surface area contributed by atoms with Gasteiger partial charge in [0, 0.05) is 0 Å². The lowest BCUT2D eigenvalue weighted by atomic mass is 10.0. The third-order valence-electron chi connectivity index (χ3n) is 1.27. The highest BCUT2D eigenvalue weighted by Crippen LogP contribution is 2.28. The maximum absolute atomic E-state index is 12.1. The number of hydrogen-bond donors (Lipinski definition) is 1. The molecule has 0 heterocycles. The van der Waals surface area contributed by atoms with E-state index in [2.05, 4.69) is 16.9 Å². The van der Waals surface area contributed by atoms with Crippen LogP contribution in [0.2, 0.25) is 0 Å². The van der Waals surface area contributed by atoms with Crippen LogP contribution in [0.3, 0.4) is 0 Å². The quantitative estimate of drug-likeness (QED) is 0.514. The van der Waals surface area contributed by atoms with Crippen molar-refractivity contribution < 1.29 is 22.7 Å². The molecular weight excluding hydrogens is 187 g/mol. The van der Waals surface area contributed by atoms with E-state index in [1.807, 2.05) is 0 Å². The first-order valence-corrected chi connectivity index (χ1v) is 3.30. The SMILES string of the molecule is C#CC(N)(C(=O)OCC)C(F)(F)F. The number of nitrogens with two attached hydrogens (primary N) is 1. The lowest BCUT2D eigenvalue weighted by molar-refractivity contribution is -0.193. The summed E-state index contributed by atoms with van der Waals surface area (Å²) in [6, 6.07) is 0. The van der Waals surface area contributed by atoms with E-state index in [9.17, 15) is 18.0 Å². The van der Waals surface area contributed by atoms with Crippen LogP contribution in [-0.4, -0.2) is 24.3 Å². The van der Waals surface area contributed by atoms with E-state index in [4.69, 9.17) is 0 Å². The first-order valence-electron chi connectivity index (χ1n) is 3.30. The van der Waals surface area contributed by atoms with E-state index in [-0.39, 0.29) is 6.61 Å². The van der Waals surface area contributed by atoms with Crippen molar-refractivity contribution in [3.63, 3.8) is 0 Å². The maximum Gasteiger partial charge on any atom is 0.428 e. The molecule has 0 aliphatic heterocycles. The van der Waals surface area contributed by atoms with Crippen molar-refractivity contribution in [2.75, 3.05) is 6.61 Å². The van der Waals surface area contributed by atoms with Crippen LogP contribution in [0.4, 0.5) is 13.2 Å². The summed E-state index contributed by atoms with van der Waals surface area (Å²) < 4.78 is 40.4. The minimum Gasteiger partial charge on any atom is -0.464 e. The van der Waals surface area contributed by atoms with E-state index in [0.29, 0.717) is 0 Å². The molecule has 13 heavy (non-hydrogen) atoms. The van der Waals surface area contributed by atoms with Gasteiger partial charge in [-0.15, -0.1) is 6.42 Å². The van der Waals surface area contributed by atoms with E-state index >= 15 is 0 Å². The summed E-state index contributed by atoms with van der Waals surface area (Å²) in [5, 5.41) is 0. The van der Waals surface area contributed by atoms with Crippen molar-refractivity contribution in [1.29, 1.82) is 0 Å². The third kappa shape index (κ3) is 2.12. The lowest BCUT2D eigenvalue weighted by Crippen LogP contribution is -2.59. The zero-order chi connectivity index (χ0) is 10.7. The minimum atomic E-state index is -5.01. The number of hydrogen-bond acceptors (Lipinski definition) is 3. The molecule has 0 aliphatic carbocycles. The molecule has 0 aromatic carbocycles. The van der Waals surface area contributed by atoms with Crippen LogP contribution in [0.5, 0.6) is 0 Å². The van der Waals surface area contributed by atoms with Crippen molar-refractivity contribution in [2.24, 2.45) is 5.73 Å². The van der Waals surface area contributed by atoms with Crippen LogP contribution in [0.15, 0.2) is 0 Å². The first-order chi connectivity index (χ1) is 5.79. The van der Waals surface area contributed by atoms with Crippen LogP contribution >= 0.6 is 0 Å². The summed E-state index contributed by atoms with van der Waals surface area (Å²) >= 11 is 0. The number of terminal acetylenes is 1. The zero-order valence-corrected chi connectivity index (χ0v) is 6.81. The Morgan fingerprint density at radius 1 is 1.62 bits per heavy atom. The largest absolute Gasteiger partial charge is 0.464 e. The number of carbonyl (C=O) groups is 1. The van der Waals surface area contributed by atoms with Crippen LogP contribution < -0.4 is 5.73 Å². The molecule has 0 amide bonds. The maximum atomic E-state index is 12.1. The third-order valence-corrected chi connectivity index (χ3v) is 1.27. The number of rotatable bonds is 2. The predicted molar refractivity (Wildman–Crippen MR) is 38.4 cm³/mol. The molecule has 0 fully saturated rings. The van der Waals surface area contributed by atoms with E-state index in [1.54, 1.807) is 0 Å². The molecule has 0 aliphatic rings. The van der Waals surface area contributed by atoms with Crippen molar-refractivity contribution >= 4 is 5.97 Å². The molecule has 0 aromatic rings. The standard InChI is InChI=1S/C7H8F3NO2/c1-3-6(11,7(8,9)10)5(12)13-4-2/h1H,4,11H2,2H3. The van der Waals surface area contributed by atoms with Crippen molar-refractivity contribution in [2.45, 2.75) is 18.6 Å². The summed E-state index contributed by atoms with van der Waals surface area (Å²) in [5.41, 5.74) is 1.32. The number of alkyl halides is 3. The van der Waals surface area contributed by atoms with Gasteiger partial charge in [0.15, 0.2) is 0 Å². The Labute approximate surface area is 73.0 Å². The van der Waals surface area contributed by atoms with E-state index < -0.39 is 17.7 Å². The van der Waals surface area contributed by atoms with Gasteiger partial charge in [0.05, 0.1) is 6.61 Å². The zero-order valence-electron chi connectivity index (χ0n) is 6.81. The Morgan fingerprint density at radius 2 is 2.08 bits per heavy atom. The summed E-state index contributed by atoms with van der Waals surface area (Å²) in [4.78, 5) is 10.7. The number of carbonyl (C=O) groups excluding carboxylic acids is 1. The Balaban J connectivity index is 4.88. The monoisotopic (exact) mass is 195 g/mol. The molecule has 0 rings (SSSR count). The molecule has 2 N–H and O–H groups in total. The van der Waals surface area contributed by atoms with Crippen molar-refractivity contribution in [3.05, 3.63) is 0 Å². The molecule has 3 nitrogen and oxygen atoms in total. The highest BCUT2D eigenvalue weighted by molar-refractivity contribution is 5.85. The van der Waals surface area contributed by atoms with Crippen LogP contribution in [0, 0.1) is 12.3 Å². The fourth-order valence-electron chi connectivity index (χ4n) is 0.501. The summed E-state index contributed by atoms with van der Waals surface area (Å²) in [6.45, 7) is 1.14. The summed E-state index contributed by atoms with van der Waals surface area (Å²) in [6.07, 6.45) is -0.477. The predicted octanol–water partition coefficient (Wildman–Crippen LogP) is 0.443. The molecular formula is C7H8F3NO2. The highest BCUT2D eigenvalue weighted by atomic mass is 19.4. The van der Waals surface area contributed by atoms with Gasteiger partial charge in [0.2, 0.25) is 0 Å². The van der Waals surface area contributed by atoms with Gasteiger partial charge in [-0.05, 0) is 6.92 Å². The van der Waals surface area contributed by atoms with Gasteiger partial charge in [0.25, 0.3) is 5.54 Å². The fraction of sp³-hybridized carbons (Fsp3) is 0.571. The molecule has 0 spiro atoms. The molecule has 0 radical (unpaired) electrons. The van der Waals surface area contributed by atoms with Gasteiger partial charge in [-0.1, -0.05) is 5.92 Å². The molecule has 0 bridgehead atoms. The Kier molecular flexibility index (Phi) is 3.32. The van der Waals surface area contributed by atoms with Gasteiger partial charge in [-0.3, -0.25) is 5.73 Å². The summed E-state index contributed by atoms with van der Waals surface area (Å²) in [7, 11) is 0. The molecule has 0 saturated heterocycles. The molecule has 1 atom stereocenters. The molecule has 0 saturated carbocycles. The van der Waals surface area contributed by atoms with Gasteiger partial charge in [-0.2, -0.15) is 13.2 Å². The number of esters is 1. The van der Waals surface area contributed by atoms with Gasteiger partial charge in [-0.25, -0.2) is 4.79 Å². The minimum absolute atomic E-state index is 0.213. The Morgan fingerprint density at radius 3 is 2.31 bits per heavy atom. The van der Waals surface area contributed by atoms with Crippen LogP contribution in [-0.2, 0) is 9.53 Å². The smallest absolute Gasteiger partial charge is 0.428 e. The first kappa shape index (κ1) is 11.8. The Bertz CT molecular complexity index is 243. The summed E-state index contributed by atoms with van der Waals surface area (Å²) in [5.74, 6) is -0.481. The second-order valence-electron chi connectivity index (χ2n) is 2.17. The van der Waals surface area contributed by atoms with E-state index in [1.165, 1.54) is 12.8 Å². The van der Waals surface area contributed by atoms with Gasteiger partial charge >= 0.3 is 12.1 Å². The van der Waals surface area contributed by atoms with Gasteiger partial charge < -0.3 is 4.74 Å². The lowest BCUT2D eigenvalue weighted by Gasteiger charge is -2.23. The fourth-order valence-corrected chi connectivity index (χ4v) is 0.501. The molecule has 6 heteroatoms. The number of ether oxygens (including phenoxy) is 1. The van der Waals surface area contributed by atoms with E-state index in [0.717, 1.165) is 0 Å². The second-order valence-corrected chi connectivity index (χ2v) is 2.17. The average molecular weight is 195 g/mol. The van der Waals surface area contributed by atoms with Crippen molar-refractivity contribution in [1.82, 2.24) is 0 Å². The normalized spacial score (nSPS) is 15.7. The topological polar surface area (TPSA) is 52.3 Å². The highest BCUT2D eigenvalue weighted by Gasteiger charge is 2.58. The average Bonchev–Trinajstić information content (AvgIpc) is 2.01. The number of halogens is 3. The van der Waals surface area contributed by atoms with Crippen molar-refractivity contribution in [3.8, 4) is 12.3 Å². The molecule has 1 unspecified atom stereocenters. The van der Waals surface area contributed by atoms with Gasteiger partial charge in [0.1, 0.15) is 0 Å². The molecule has 0 aromatic heterocycles. The van der Waals surface area contributed by atoms with Crippen LogP contribution in [0.1, 0.15) is 6.92 Å². The second kappa shape index (κ2) is 3.66. The Hall–Kier alpha value is -1.22. The van der Waals surface area contributed by atoms with Crippen LogP contribution in [0.25, 0.3) is 0 Å². The molecule has 74 valence electrons.